The first-order valence-electron chi connectivity index (χ1n) is 7.09. The van der Waals surface area contributed by atoms with Gasteiger partial charge in [-0.3, -0.25) is 14.9 Å². The lowest BCUT2D eigenvalue weighted by Gasteiger charge is -2.35. The number of carbonyl (C=O) groups is 1. The van der Waals surface area contributed by atoms with Gasteiger partial charge in [-0.05, 0) is 45.2 Å². The fourth-order valence-electron chi connectivity index (χ4n) is 2.66. The van der Waals surface area contributed by atoms with E-state index < -0.39 is 22.3 Å². The van der Waals surface area contributed by atoms with E-state index in [0.717, 1.165) is 12.1 Å². The normalized spacial score (nSPS) is 20.5. The lowest BCUT2D eigenvalue weighted by atomic mass is 9.93. The predicted molar refractivity (Wildman–Crippen MR) is 78.3 cm³/mol. The van der Waals surface area contributed by atoms with Crippen molar-refractivity contribution in [2.24, 2.45) is 0 Å². The van der Waals surface area contributed by atoms with Gasteiger partial charge in [0.25, 0.3) is 5.91 Å². The average molecular weight is 310 g/mol. The summed E-state index contributed by atoms with van der Waals surface area (Å²) < 4.78 is 19.1. The third-order valence-electron chi connectivity index (χ3n) is 3.77. The Morgan fingerprint density at radius 3 is 2.77 bits per heavy atom. The molecule has 0 aliphatic carbocycles. The summed E-state index contributed by atoms with van der Waals surface area (Å²) in [6.07, 6.45) is 1.33. The Labute approximate surface area is 127 Å². The van der Waals surface area contributed by atoms with Crippen LogP contribution in [0.3, 0.4) is 0 Å². The van der Waals surface area contributed by atoms with E-state index in [1.54, 1.807) is 6.92 Å². The molecule has 0 aromatic heterocycles. The number of nitrogens with one attached hydrogen (secondary N) is 1. The number of amides is 1. The van der Waals surface area contributed by atoms with Crippen molar-refractivity contribution in [1.29, 1.82) is 0 Å². The molecular formula is C15H19FN2O4. The van der Waals surface area contributed by atoms with Crippen LogP contribution in [-0.4, -0.2) is 29.1 Å². The van der Waals surface area contributed by atoms with Crippen molar-refractivity contribution < 1.29 is 18.8 Å². The van der Waals surface area contributed by atoms with Gasteiger partial charge >= 0.3 is 5.69 Å². The zero-order chi connectivity index (χ0) is 16.5. The second kappa shape index (κ2) is 6.00. The molecular weight excluding hydrogens is 291 g/mol. The van der Waals surface area contributed by atoms with Crippen LogP contribution in [0, 0.1) is 22.9 Å². The molecule has 1 aromatic carbocycles. The number of hydrogen-bond donors (Lipinski definition) is 1. The number of nitro groups is 1. The molecule has 1 saturated heterocycles. The van der Waals surface area contributed by atoms with Crippen LogP contribution in [0.1, 0.15) is 42.6 Å². The van der Waals surface area contributed by atoms with Crippen LogP contribution in [0.4, 0.5) is 10.1 Å². The maximum absolute atomic E-state index is 13.5. The molecule has 1 heterocycles. The largest absolute Gasteiger partial charge is 0.375 e. The van der Waals surface area contributed by atoms with Crippen LogP contribution < -0.4 is 5.32 Å². The molecule has 22 heavy (non-hydrogen) atoms. The zero-order valence-electron chi connectivity index (χ0n) is 12.8. The molecule has 0 spiro atoms. The maximum Gasteiger partial charge on any atom is 0.305 e. The van der Waals surface area contributed by atoms with Crippen LogP contribution in [0.15, 0.2) is 12.1 Å². The summed E-state index contributed by atoms with van der Waals surface area (Å²) in [7, 11) is 0. The number of ether oxygens (including phenoxy) is 1. The number of rotatable bonds is 3. The Bertz CT molecular complexity index is 616. The van der Waals surface area contributed by atoms with Gasteiger partial charge in [-0.25, -0.2) is 0 Å². The number of aryl methyl sites for hydroxylation is 1. The monoisotopic (exact) mass is 310 g/mol. The Balaban J connectivity index is 2.19. The van der Waals surface area contributed by atoms with Gasteiger partial charge in [-0.2, -0.15) is 4.39 Å². The highest BCUT2D eigenvalue weighted by atomic mass is 19.1. The Morgan fingerprint density at radius 2 is 2.18 bits per heavy atom. The molecule has 1 aliphatic heterocycles. The van der Waals surface area contributed by atoms with Gasteiger partial charge in [0.05, 0.1) is 10.5 Å². The average Bonchev–Trinajstić information content (AvgIpc) is 2.36. The lowest BCUT2D eigenvalue weighted by molar-refractivity contribution is -0.387. The maximum atomic E-state index is 13.5. The minimum atomic E-state index is -0.939. The van der Waals surface area contributed by atoms with Crippen molar-refractivity contribution in [1.82, 2.24) is 5.32 Å². The van der Waals surface area contributed by atoms with E-state index in [1.807, 2.05) is 13.8 Å². The standard InChI is InChI=1S/C15H19FN2O4/c1-9-6-12(16)13(18(20)21)7-11(9)14(19)17-10-4-5-22-15(2,3)8-10/h6-7,10H,4-5,8H2,1-3H3,(H,17,19). The molecule has 2 rings (SSSR count). The quantitative estimate of drug-likeness (QED) is 0.687. The molecule has 1 N–H and O–H groups in total. The highest BCUT2D eigenvalue weighted by molar-refractivity contribution is 5.96. The molecule has 7 heteroatoms. The minimum absolute atomic E-state index is 0.0697. The van der Waals surface area contributed by atoms with Crippen molar-refractivity contribution in [2.45, 2.75) is 45.3 Å². The third-order valence-corrected chi connectivity index (χ3v) is 3.77. The summed E-state index contributed by atoms with van der Waals surface area (Å²) in [5.74, 6) is -1.37. The third kappa shape index (κ3) is 3.59. The first kappa shape index (κ1) is 16.4. The summed E-state index contributed by atoms with van der Waals surface area (Å²) >= 11 is 0. The van der Waals surface area contributed by atoms with E-state index >= 15 is 0 Å². The smallest absolute Gasteiger partial charge is 0.305 e. The number of halogens is 1. The van der Waals surface area contributed by atoms with Crippen LogP contribution in [0.5, 0.6) is 0 Å². The highest BCUT2D eigenvalue weighted by Crippen LogP contribution is 2.25. The van der Waals surface area contributed by atoms with Gasteiger partial charge in [0.1, 0.15) is 0 Å². The summed E-state index contributed by atoms with van der Waals surface area (Å²) in [6, 6.07) is 1.94. The van der Waals surface area contributed by atoms with Gasteiger partial charge in [0.15, 0.2) is 0 Å². The molecule has 1 unspecified atom stereocenters. The minimum Gasteiger partial charge on any atom is -0.375 e. The number of carbonyl (C=O) groups excluding carboxylic acids is 1. The molecule has 0 radical (unpaired) electrons. The van der Waals surface area contributed by atoms with E-state index in [1.165, 1.54) is 0 Å². The van der Waals surface area contributed by atoms with E-state index in [4.69, 9.17) is 4.74 Å². The van der Waals surface area contributed by atoms with Crippen molar-refractivity contribution in [3.05, 3.63) is 39.2 Å². The van der Waals surface area contributed by atoms with E-state index in [2.05, 4.69) is 5.32 Å². The summed E-state index contributed by atoms with van der Waals surface area (Å²) in [5, 5.41) is 13.7. The molecule has 1 fully saturated rings. The van der Waals surface area contributed by atoms with Gasteiger partial charge < -0.3 is 10.1 Å². The SMILES string of the molecule is Cc1cc(F)c([N+](=O)[O-])cc1C(=O)NC1CCOC(C)(C)C1. The first-order chi connectivity index (χ1) is 10.2. The Morgan fingerprint density at radius 1 is 1.50 bits per heavy atom. The van der Waals surface area contributed by atoms with Crippen molar-refractivity contribution in [3.63, 3.8) is 0 Å². The van der Waals surface area contributed by atoms with Crippen LogP contribution in [-0.2, 0) is 4.74 Å². The number of hydrogen-bond acceptors (Lipinski definition) is 4. The molecule has 6 nitrogen and oxygen atoms in total. The zero-order valence-corrected chi connectivity index (χ0v) is 12.8. The van der Waals surface area contributed by atoms with E-state index in [-0.39, 0.29) is 17.2 Å². The summed E-state index contributed by atoms with van der Waals surface area (Å²) in [4.78, 5) is 22.3. The van der Waals surface area contributed by atoms with Crippen LogP contribution >= 0.6 is 0 Å². The Hall–Kier alpha value is -2.02. The number of nitrogens with zero attached hydrogens (tertiary/aromatic N) is 1. The van der Waals surface area contributed by atoms with Crippen LogP contribution in [0.25, 0.3) is 0 Å². The molecule has 1 aromatic rings. The van der Waals surface area contributed by atoms with Gasteiger partial charge in [-0.1, -0.05) is 0 Å². The molecule has 1 amide bonds. The molecule has 0 bridgehead atoms. The Kier molecular flexibility index (Phi) is 4.46. The molecule has 1 aliphatic rings. The van der Waals surface area contributed by atoms with Crippen molar-refractivity contribution in [3.8, 4) is 0 Å². The second-order valence-corrected chi connectivity index (χ2v) is 6.15. The summed E-state index contributed by atoms with van der Waals surface area (Å²) in [6.45, 7) is 5.98. The first-order valence-corrected chi connectivity index (χ1v) is 7.09. The van der Waals surface area contributed by atoms with Crippen molar-refractivity contribution >= 4 is 11.6 Å². The fourth-order valence-corrected chi connectivity index (χ4v) is 2.66. The predicted octanol–water partition coefficient (Wildman–Crippen LogP) is 2.73. The van der Waals surface area contributed by atoms with Gasteiger partial charge in [-0.15, -0.1) is 0 Å². The highest BCUT2D eigenvalue weighted by Gasteiger charge is 2.30. The molecule has 120 valence electrons. The van der Waals surface area contributed by atoms with Gasteiger partial charge in [0, 0.05) is 24.3 Å². The second-order valence-electron chi connectivity index (χ2n) is 6.15. The number of benzene rings is 1. The molecule has 1 atom stereocenters. The lowest BCUT2D eigenvalue weighted by Crippen LogP contribution is -2.45. The summed E-state index contributed by atoms with van der Waals surface area (Å²) in [5.41, 5.74) is -0.521. The van der Waals surface area contributed by atoms with E-state index in [9.17, 15) is 19.3 Å². The van der Waals surface area contributed by atoms with Crippen LogP contribution in [0.2, 0.25) is 0 Å². The van der Waals surface area contributed by atoms with Crippen molar-refractivity contribution in [2.75, 3.05) is 6.61 Å². The topological polar surface area (TPSA) is 81.5 Å². The molecule has 0 saturated carbocycles. The fraction of sp³-hybridized carbons (Fsp3) is 0.533. The number of nitro benzene ring substituents is 1. The van der Waals surface area contributed by atoms with Gasteiger partial charge in [0.2, 0.25) is 5.82 Å². The van der Waals surface area contributed by atoms with E-state index in [0.29, 0.717) is 25.0 Å².